The Morgan fingerprint density at radius 3 is 2.62 bits per heavy atom. The van der Waals surface area contributed by atoms with Crippen molar-refractivity contribution >= 4 is 39.8 Å². The van der Waals surface area contributed by atoms with Gasteiger partial charge in [0.15, 0.2) is 5.96 Å². The Labute approximate surface area is 162 Å². The molecule has 0 saturated heterocycles. The summed E-state index contributed by atoms with van der Waals surface area (Å²) in [7, 11) is -1.23. The van der Waals surface area contributed by atoms with E-state index in [0.717, 1.165) is 11.3 Å². The summed E-state index contributed by atoms with van der Waals surface area (Å²) in [6.07, 6.45) is 1.77. The number of aliphatic imine (C=N–C) groups is 1. The van der Waals surface area contributed by atoms with Crippen molar-refractivity contribution < 1.29 is 13.2 Å². The fourth-order valence-corrected chi connectivity index (χ4v) is 2.63. The molecule has 1 aromatic carbocycles. The molecule has 0 bridgehead atoms. The van der Waals surface area contributed by atoms with E-state index in [-0.39, 0.29) is 35.8 Å². The number of nitrogens with one attached hydrogen (secondary N) is 2. The summed E-state index contributed by atoms with van der Waals surface area (Å²) in [5.74, 6) is 1.65. The first-order valence-corrected chi connectivity index (χ1v) is 9.72. The number of ether oxygens (including phenoxy) is 1. The third-order valence-electron chi connectivity index (χ3n) is 3.09. The van der Waals surface area contributed by atoms with Gasteiger partial charge < -0.3 is 15.4 Å². The lowest BCUT2D eigenvalue weighted by Gasteiger charge is -2.18. The van der Waals surface area contributed by atoms with Crippen LogP contribution in [-0.2, 0) is 9.84 Å². The van der Waals surface area contributed by atoms with Crippen molar-refractivity contribution in [1.29, 1.82) is 0 Å². The normalized spacial score (nSPS) is 12.9. The van der Waals surface area contributed by atoms with Crippen molar-refractivity contribution in [2.24, 2.45) is 4.99 Å². The smallest absolute Gasteiger partial charge is 0.191 e. The second-order valence-electron chi connectivity index (χ2n) is 5.61. The molecule has 0 aromatic heterocycles. The highest BCUT2D eigenvalue weighted by Gasteiger charge is 2.06. The van der Waals surface area contributed by atoms with Gasteiger partial charge in [-0.2, -0.15) is 0 Å². The van der Waals surface area contributed by atoms with Crippen LogP contribution in [0.25, 0.3) is 0 Å². The van der Waals surface area contributed by atoms with Crippen molar-refractivity contribution in [3.63, 3.8) is 0 Å². The molecule has 0 radical (unpaired) electrons. The van der Waals surface area contributed by atoms with Crippen LogP contribution in [0.3, 0.4) is 0 Å². The molecule has 138 valence electrons. The largest absolute Gasteiger partial charge is 0.489 e. The number of hydrogen-bond donors (Lipinski definition) is 2. The average Bonchev–Trinajstić information content (AvgIpc) is 2.45. The SMILES string of the molecule is CN=C(NCCCS(C)(=O)=O)NCC(C)Oc1cccc(C)c1.I. The molecule has 0 amide bonds. The molecular weight excluding hydrogens is 441 g/mol. The van der Waals surface area contributed by atoms with E-state index in [1.165, 1.54) is 6.26 Å². The van der Waals surface area contributed by atoms with E-state index >= 15 is 0 Å². The molecular formula is C16H28IN3O3S. The standard InChI is InChI=1S/C16H27N3O3S.HI/c1-13-7-5-8-15(11-13)22-14(2)12-19-16(17-3)18-9-6-10-23(4,20)21;/h5,7-8,11,14H,6,9-10,12H2,1-4H3,(H2,17,18,19);1H. The van der Waals surface area contributed by atoms with Gasteiger partial charge in [0, 0.05) is 19.8 Å². The fraction of sp³-hybridized carbons (Fsp3) is 0.562. The Morgan fingerprint density at radius 2 is 2.04 bits per heavy atom. The Morgan fingerprint density at radius 1 is 1.33 bits per heavy atom. The molecule has 1 atom stereocenters. The van der Waals surface area contributed by atoms with Crippen molar-refractivity contribution in [2.75, 3.05) is 32.1 Å². The predicted octanol–water partition coefficient (Wildman–Crippen LogP) is 1.98. The number of benzene rings is 1. The van der Waals surface area contributed by atoms with Crippen LogP contribution in [0.5, 0.6) is 5.75 Å². The maximum Gasteiger partial charge on any atom is 0.191 e. The van der Waals surface area contributed by atoms with E-state index in [2.05, 4.69) is 15.6 Å². The first-order valence-electron chi connectivity index (χ1n) is 7.65. The first kappa shape index (κ1) is 23.0. The van der Waals surface area contributed by atoms with Crippen LogP contribution in [0, 0.1) is 6.92 Å². The zero-order valence-corrected chi connectivity index (χ0v) is 17.9. The van der Waals surface area contributed by atoms with Crippen molar-refractivity contribution in [2.45, 2.75) is 26.4 Å². The molecule has 2 N–H and O–H groups in total. The maximum atomic E-state index is 11.1. The van der Waals surface area contributed by atoms with E-state index in [1.54, 1.807) is 7.05 Å². The molecule has 6 nitrogen and oxygen atoms in total. The Kier molecular flexibility index (Phi) is 11.0. The second-order valence-corrected chi connectivity index (χ2v) is 7.87. The highest BCUT2D eigenvalue weighted by atomic mass is 127. The lowest BCUT2D eigenvalue weighted by molar-refractivity contribution is 0.223. The highest BCUT2D eigenvalue weighted by molar-refractivity contribution is 14.0. The Bertz CT molecular complexity index is 621. The van der Waals surface area contributed by atoms with Crippen LogP contribution < -0.4 is 15.4 Å². The van der Waals surface area contributed by atoms with Crippen LogP contribution >= 0.6 is 24.0 Å². The van der Waals surface area contributed by atoms with Gasteiger partial charge in [0.2, 0.25) is 0 Å². The molecule has 0 aliphatic rings. The number of nitrogens with zero attached hydrogens (tertiary/aromatic N) is 1. The van der Waals surface area contributed by atoms with Gasteiger partial charge in [-0.25, -0.2) is 8.42 Å². The van der Waals surface area contributed by atoms with Gasteiger partial charge in [-0.3, -0.25) is 4.99 Å². The molecule has 1 unspecified atom stereocenters. The minimum atomic E-state index is -2.91. The topological polar surface area (TPSA) is 79.8 Å². The molecule has 24 heavy (non-hydrogen) atoms. The van der Waals surface area contributed by atoms with Gasteiger partial charge in [0.05, 0.1) is 12.3 Å². The van der Waals surface area contributed by atoms with E-state index in [9.17, 15) is 8.42 Å². The Hall–Kier alpha value is -1.03. The molecule has 1 aromatic rings. The molecule has 8 heteroatoms. The third kappa shape index (κ3) is 10.7. The average molecular weight is 469 g/mol. The van der Waals surface area contributed by atoms with E-state index < -0.39 is 9.84 Å². The van der Waals surface area contributed by atoms with Crippen LogP contribution in [0.15, 0.2) is 29.3 Å². The van der Waals surface area contributed by atoms with Gasteiger partial charge >= 0.3 is 0 Å². The summed E-state index contributed by atoms with van der Waals surface area (Å²) >= 11 is 0. The summed E-state index contributed by atoms with van der Waals surface area (Å²) in [6.45, 7) is 5.16. The first-order chi connectivity index (χ1) is 10.8. The van der Waals surface area contributed by atoms with Crippen LogP contribution in [0.4, 0.5) is 0 Å². The molecule has 0 heterocycles. The number of hydrogen-bond acceptors (Lipinski definition) is 4. The monoisotopic (exact) mass is 469 g/mol. The number of guanidine groups is 1. The highest BCUT2D eigenvalue weighted by Crippen LogP contribution is 2.13. The molecule has 1 rings (SSSR count). The number of halogens is 1. The van der Waals surface area contributed by atoms with Gasteiger partial charge in [-0.05, 0) is 38.0 Å². The molecule has 0 spiro atoms. The zero-order chi connectivity index (χ0) is 17.3. The maximum absolute atomic E-state index is 11.1. The summed E-state index contributed by atoms with van der Waals surface area (Å²) in [5.41, 5.74) is 1.16. The van der Waals surface area contributed by atoms with Crippen molar-refractivity contribution in [3.8, 4) is 5.75 Å². The summed E-state index contributed by atoms with van der Waals surface area (Å²) < 4.78 is 28.0. The van der Waals surface area contributed by atoms with E-state index in [4.69, 9.17) is 4.74 Å². The molecule has 0 fully saturated rings. The number of aryl methyl sites for hydroxylation is 1. The van der Waals surface area contributed by atoms with Gasteiger partial charge in [0.1, 0.15) is 21.7 Å². The molecule has 0 saturated carbocycles. The quantitative estimate of drug-likeness (QED) is 0.264. The second kappa shape index (κ2) is 11.5. The molecule has 0 aliphatic heterocycles. The van der Waals surface area contributed by atoms with Crippen molar-refractivity contribution in [1.82, 2.24) is 10.6 Å². The number of sulfone groups is 1. The van der Waals surface area contributed by atoms with Crippen molar-refractivity contribution in [3.05, 3.63) is 29.8 Å². The fourth-order valence-electron chi connectivity index (χ4n) is 1.96. The summed E-state index contributed by atoms with van der Waals surface area (Å²) in [5, 5.41) is 6.26. The third-order valence-corrected chi connectivity index (χ3v) is 4.12. The summed E-state index contributed by atoms with van der Waals surface area (Å²) in [6, 6.07) is 7.92. The minimum Gasteiger partial charge on any atom is -0.489 e. The van der Waals surface area contributed by atoms with Gasteiger partial charge in [0.25, 0.3) is 0 Å². The van der Waals surface area contributed by atoms with Crippen LogP contribution in [0.1, 0.15) is 18.9 Å². The van der Waals surface area contributed by atoms with Gasteiger partial charge in [-0.1, -0.05) is 12.1 Å². The lowest BCUT2D eigenvalue weighted by Crippen LogP contribution is -2.42. The lowest BCUT2D eigenvalue weighted by atomic mass is 10.2. The van der Waals surface area contributed by atoms with E-state index in [0.29, 0.717) is 25.5 Å². The predicted molar refractivity (Wildman–Crippen MR) is 110 cm³/mol. The minimum absolute atomic E-state index is 0. The number of rotatable bonds is 8. The zero-order valence-electron chi connectivity index (χ0n) is 14.7. The van der Waals surface area contributed by atoms with E-state index in [1.807, 2.05) is 38.1 Å². The van der Waals surface area contributed by atoms with Crippen LogP contribution in [-0.4, -0.2) is 52.6 Å². The summed E-state index contributed by atoms with van der Waals surface area (Å²) in [4.78, 5) is 4.10. The Balaban J connectivity index is 0.00000529. The molecule has 0 aliphatic carbocycles. The van der Waals surface area contributed by atoms with Gasteiger partial charge in [-0.15, -0.1) is 24.0 Å². The van der Waals surface area contributed by atoms with Crippen LogP contribution in [0.2, 0.25) is 0 Å².